The quantitative estimate of drug-likeness (QED) is 0.715. The minimum absolute atomic E-state index is 0.161. The van der Waals surface area contributed by atoms with Crippen LogP contribution in [0.1, 0.15) is 31.9 Å². The summed E-state index contributed by atoms with van der Waals surface area (Å²) in [6.07, 6.45) is 0.342. The normalized spacial score (nSPS) is 28.6. The number of halogens is 2. The first-order chi connectivity index (χ1) is 8.42. The first-order valence-corrected chi connectivity index (χ1v) is 8.17. The van der Waals surface area contributed by atoms with Crippen LogP contribution in [0, 0.1) is 0 Å². The second kappa shape index (κ2) is 5.52. The van der Waals surface area contributed by atoms with Gasteiger partial charge in [0.05, 0.1) is 18.4 Å². The predicted molar refractivity (Wildman–Crippen MR) is 73.6 cm³/mol. The Bertz CT molecular complexity index is 490. The molecule has 100 valence electrons. The zero-order chi connectivity index (χ0) is 13.3. The molecule has 1 aliphatic heterocycles. The molecule has 0 N–H and O–H groups in total. The monoisotopic (exact) mass is 308 g/mol. The van der Waals surface area contributed by atoms with Crippen molar-refractivity contribution in [3.63, 3.8) is 0 Å². The molecule has 1 aromatic carbocycles. The SMILES string of the molecule is CC(C)P1(=O)OCCC(c2ccc(Cl)cc2Cl)O1. The second-order valence-corrected chi connectivity index (χ2v) is 7.94. The summed E-state index contributed by atoms with van der Waals surface area (Å²) >= 11 is 12.0. The van der Waals surface area contributed by atoms with E-state index in [2.05, 4.69) is 0 Å². The first kappa shape index (κ1) is 14.4. The molecule has 0 amide bonds. The van der Waals surface area contributed by atoms with Crippen LogP contribution in [0.2, 0.25) is 10.0 Å². The number of benzene rings is 1. The van der Waals surface area contributed by atoms with Crippen molar-refractivity contribution in [2.45, 2.75) is 32.0 Å². The molecule has 2 rings (SSSR count). The third-order valence-corrected chi connectivity index (χ3v) is 5.79. The Morgan fingerprint density at radius 3 is 2.72 bits per heavy atom. The van der Waals surface area contributed by atoms with Crippen LogP contribution in [0.5, 0.6) is 0 Å². The van der Waals surface area contributed by atoms with Crippen LogP contribution in [-0.4, -0.2) is 12.3 Å². The lowest BCUT2D eigenvalue weighted by atomic mass is 10.1. The van der Waals surface area contributed by atoms with Gasteiger partial charge in [-0.05, 0) is 12.1 Å². The summed E-state index contributed by atoms with van der Waals surface area (Å²) in [4.78, 5) is 0. The van der Waals surface area contributed by atoms with E-state index in [1.54, 1.807) is 12.1 Å². The van der Waals surface area contributed by atoms with Gasteiger partial charge in [0.1, 0.15) is 0 Å². The maximum Gasteiger partial charge on any atom is 0.333 e. The summed E-state index contributed by atoms with van der Waals surface area (Å²) in [7, 11) is -3.03. The lowest BCUT2D eigenvalue weighted by Crippen LogP contribution is -2.18. The van der Waals surface area contributed by atoms with Gasteiger partial charge in [-0.3, -0.25) is 4.57 Å². The van der Waals surface area contributed by atoms with Crippen LogP contribution in [0.25, 0.3) is 0 Å². The van der Waals surface area contributed by atoms with E-state index in [0.29, 0.717) is 23.1 Å². The molecule has 3 nitrogen and oxygen atoms in total. The summed E-state index contributed by atoms with van der Waals surface area (Å²) in [5.41, 5.74) is 0.650. The van der Waals surface area contributed by atoms with E-state index in [1.807, 2.05) is 19.9 Å². The topological polar surface area (TPSA) is 35.5 Å². The van der Waals surface area contributed by atoms with Crippen molar-refractivity contribution in [2.24, 2.45) is 0 Å². The molecule has 2 unspecified atom stereocenters. The zero-order valence-corrected chi connectivity index (χ0v) is 12.6. The molecule has 1 saturated heterocycles. The lowest BCUT2D eigenvalue weighted by molar-refractivity contribution is 0.0782. The van der Waals surface area contributed by atoms with E-state index in [0.717, 1.165) is 5.56 Å². The van der Waals surface area contributed by atoms with Gasteiger partial charge < -0.3 is 9.05 Å². The van der Waals surface area contributed by atoms with E-state index >= 15 is 0 Å². The Balaban J connectivity index is 2.26. The van der Waals surface area contributed by atoms with E-state index in [9.17, 15) is 4.57 Å². The Labute approximate surface area is 117 Å². The van der Waals surface area contributed by atoms with Crippen LogP contribution in [0.15, 0.2) is 18.2 Å². The van der Waals surface area contributed by atoms with Crippen molar-refractivity contribution in [3.8, 4) is 0 Å². The molecule has 0 aromatic heterocycles. The highest BCUT2D eigenvalue weighted by Gasteiger charge is 2.37. The van der Waals surface area contributed by atoms with Gasteiger partial charge >= 0.3 is 7.60 Å². The predicted octanol–water partition coefficient (Wildman–Crippen LogP) is 5.07. The van der Waals surface area contributed by atoms with Crippen LogP contribution >= 0.6 is 30.8 Å². The second-order valence-electron chi connectivity index (χ2n) is 4.52. The molecule has 1 aromatic rings. The fraction of sp³-hybridized carbons (Fsp3) is 0.500. The molecule has 2 atom stereocenters. The summed E-state index contributed by atoms with van der Waals surface area (Å²) in [6.45, 7) is 4.07. The molecule has 1 aliphatic rings. The minimum Gasteiger partial charge on any atom is -0.308 e. The van der Waals surface area contributed by atoms with E-state index in [4.69, 9.17) is 32.2 Å². The van der Waals surface area contributed by atoms with Gasteiger partial charge in [0.15, 0.2) is 0 Å². The molecule has 0 aliphatic carbocycles. The molecule has 18 heavy (non-hydrogen) atoms. The Kier molecular flexibility index (Phi) is 4.40. The number of rotatable bonds is 2. The van der Waals surface area contributed by atoms with Crippen molar-refractivity contribution >= 4 is 30.8 Å². The molecule has 0 spiro atoms. The largest absolute Gasteiger partial charge is 0.333 e. The zero-order valence-electron chi connectivity index (χ0n) is 10.2. The minimum atomic E-state index is -3.03. The molecule has 1 heterocycles. The Hall–Kier alpha value is -0.0500. The summed E-state index contributed by atoms with van der Waals surface area (Å²) in [6, 6.07) is 5.23. The standard InChI is InChI=1S/C12H15Cl2O3P/c1-8(2)18(15)16-6-5-12(17-18)10-4-3-9(13)7-11(10)14/h3-4,7-8,12H,5-6H2,1-2H3. The Morgan fingerprint density at radius 2 is 2.11 bits per heavy atom. The van der Waals surface area contributed by atoms with Crippen molar-refractivity contribution in [1.82, 2.24) is 0 Å². The molecular formula is C12H15Cl2O3P. The first-order valence-electron chi connectivity index (χ1n) is 5.80. The molecule has 0 bridgehead atoms. The highest BCUT2D eigenvalue weighted by Crippen LogP contribution is 2.59. The molecule has 0 radical (unpaired) electrons. The molecule has 0 saturated carbocycles. The fourth-order valence-electron chi connectivity index (χ4n) is 1.79. The van der Waals surface area contributed by atoms with Crippen molar-refractivity contribution in [3.05, 3.63) is 33.8 Å². The van der Waals surface area contributed by atoms with Crippen molar-refractivity contribution < 1.29 is 13.6 Å². The maximum atomic E-state index is 12.4. The van der Waals surface area contributed by atoms with Crippen LogP contribution < -0.4 is 0 Å². The summed E-state index contributed by atoms with van der Waals surface area (Å²) in [5, 5.41) is 1.10. The van der Waals surface area contributed by atoms with Gasteiger partial charge in [-0.1, -0.05) is 43.1 Å². The summed E-state index contributed by atoms with van der Waals surface area (Å²) in [5.74, 6) is 0. The smallest absolute Gasteiger partial charge is 0.308 e. The summed E-state index contributed by atoms with van der Waals surface area (Å²) < 4.78 is 23.3. The Morgan fingerprint density at radius 1 is 1.39 bits per heavy atom. The molecule has 1 fully saturated rings. The van der Waals surface area contributed by atoms with Crippen LogP contribution in [0.4, 0.5) is 0 Å². The lowest BCUT2D eigenvalue weighted by Gasteiger charge is -2.32. The van der Waals surface area contributed by atoms with E-state index in [-0.39, 0.29) is 11.8 Å². The highest BCUT2D eigenvalue weighted by atomic mass is 35.5. The van der Waals surface area contributed by atoms with Crippen LogP contribution in [-0.2, 0) is 13.6 Å². The maximum absolute atomic E-state index is 12.4. The number of hydrogen-bond acceptors (Lipinski definition) is 3. The third kappa shape index (κ3) is 2.92. The van der Waals surface area contributed by atoms with Gasteiger partial charge in [0.25, 0.3) is 0 Å². The average molecular weight is 309 g/mol. The van der Waals surface area contributed by atoms with Gasteiger partial charge in [-0.2, -0.15) is 0 Å². The van der Waals surface area contributed by atoms with Crippen LogP contribution in [0.3, 0.4) is 0 Å². The van der Waals surface area contributed by atoms with Gasteiger partial charge in [0.2, 0.25) is 0 Å². The van der Waals surface area contributed by atoms with Gasteiger partial charge in [-0.25, -0.2) is 0 Å². The van der Waals surface area contributed by atoms with Crippen molar-refractivity contribution in [2.75, 3.05) is 6.61 Å². The van der Waals surface area contributed by atoms with Gasteiger partial charge in [0, 0.05) is 22.0 Å². The van der Waals surface area contributed by atoms with E-state index < -0.39 is 7.60 Å². The fourth-order valence-corrected chi connectivity index (χ4v) is 3.86. The third-order valence-electron chi connectivity index (χ3n) is 2.87. The number of hydrogen-bond donors (Lipinski definition) is 0. The highest BCUT2D eigenvalue weighted by molar-refractivity contribution is 7.54. The average Bonchev–Trinajstić information content (AvgIpc) is 2.28. The van der Waals surface area contributed by atoms with Gasteiger partial charge in [-0.15, -0.1) is 0 Å². The van der Waals surface area contributed by atoms with Crippen molar-refractivity contribution in [1.29, 1.82) is 0 Å². The van der Waals surface area contributed by atoms with E-state index in [1.165, 1.54) is 0 Å². The molecular weight excluding hydrogens is 294 g/mol. The molecule has 6 heteroatoms.